The van der Waals surface area contributed by atoms with Crippen molar-refractivity contribution in [3.8, 4) is 0 Å². The number of rotatable bonds is 5. The number of amides is 1. The van der Waals surface area contributed by atoms with Gasteiger partial charge in [0.05, 0.1) is 0 Å². The molecule has 0 aromatic carbocycles. The van der Waals surface area contributed by atoms with Crippen LogP contribution in [0.3, 0.4) is 0 Å². The summed E-state index contributed by atoms with van der Waals surface area (Å²) in [5.41, 5.74) is 5.88. The van der Waals surface area contributed by atoms with Gasteiger partial charge in [-0.05, 0) is 32.6 Å². The van der Waals surface area contributed by atoms with Crippen molar-refractivity contribution in [3.63, 3.8) is 0 Å². The van der Waals surface area contributed by atoms with Gasteiger partial charge in [-0.25, -0.2) is 4.98 Å². The van der Waals surface area contributed by atoms with Gasteiger partial charge in [0, 0.05) is 19.6 Å². The van der Waals surface area contributed by atoms with Gasteiger partial charge in [0.2, 0.25) is 0 Å². The van der Waals surface area contributed by atoms with E-state index >= 15 is 0 Å². The highest BCUT2D eigenvalue weighted by atomic mass is 32.1. The first-order chi connectivity index (χ1) is 9.47. The van der Waals surface area contributed by atoms with Crippen molar-refractivity contribution in [2.24, 2.45) is 5.92 Å². The fourth-order valence-corrected chi connectivity index (χ4v) is 3.66. The molecule has 1 amide bonds. The maximum absolute atomic E-state index is 12.4. The van der Waals surface area contributed by atoms with Crippen LogP contribution >= 0.6 is 11.3 Å². The fourth-order valence-electron chi connectivity index (χ4n) is 2.63. The van der Waals surface area contributed by atoms with Crippen molar-refractivity contribution < 1.29 is 4.79 Å². The molecule has 1 fully saturated rings. The third kappa shape index (κ3) is 3.62. The zero-order chi connectivity index (χ0) is 14.7. The third-order valence-corrected chi connectivity index (χ3v) is 4.60. The quantitative estimate of drug-likeness (QED) is 0.876. The molecule has 2 rings (SSSR count). The normalized spacial score (nSPS) is 15.8. The molecule has 0 atom stereocenters. The largest absolute Gasteiger partial charge is 0.382 e. The number of nitrogens with zero attached hydrogens (tertiary/aromatic N) is 2. The lowest BCUT2D eigenvalue weighted by atomic mass is 10.1. The van der Waals surface area contributed by atoms with Gasteiger partial charge < -0.3 is 16.0 Å². The summed E-state index contributed by atoms with van der Waals surface area (Å²) in [5, 5.41) is 3.91. The molecule has 1 aromatic heterocycles. The van der Waals surface area contributed by atoms with Gasteiger partial charge in [-0.1, -0.05) is 24.2 Å². The minimum atomic E-state index is -0.0105. The minimum Gasteiger partial charge on any atom is -0.382 e. The number of aromatic nitrogens is 1. The summed E-state index contributed by atoms with van der Waals surface area (Å²) in [6, 6.07) is 0.278. The first kappa shape index (κ1) is 15.1. The van der Waals surface area contributed by atoms with E-state index < -0.39 is 0 Å². The van der Waals surface area contributed by atoms with Gasteiger partial charge in [0.25, 0.3) is 5.91 Å². The number of nitrogen functional groups attached to an aromatic ring is 1. The van der Waals surface area contributed by atoms with Crippen molar-refractivity contribution in [1.29, 1.82) is 0 Å². The lowest BCUT2D eigenvalue weighted by Crippen LogP contribution is -2.31. The molecular formula is C14H24N4OS. The molecule has 1 aliphatic rings. The highest BCUT2D eigenvalue weighted by Gasteiger charge is 2.23. The van der Waals surface area contributed by atoms with Crippen LogP contribution in [0.25, 0.3) is 0 Å². The molecule has 6 heteroatoms. The Kier molecular flexibility index (Phi) is 4.86. The van der Waals surface area contributed by atoms with Crippen molar-refractivity contribution >= 4 is 28.2 Å². The van der Waals surface area contributed by atoms with E-state index in [-0.39, 0.29) is 11.9 Å². The molecule has 1 aliphatic carbocycles. The lowest BCUT2D eigenvalue weighted by Gasteiger charge is -2.20. The Morgan fingerprint density at radius 3 is 2.75 bits per heavy atom. The van der Waals surface area contributed by atoms with Crippen LogP contribution < -0.4 is 11.1 Å². The number of anilines is 2. The minimum absolute atomic E-state index is 0.0105. The van der Waals surface area contributed by atoms with E-state index in [1.54, 1.807) is 4.90 Å². The summed E-state index contributed by atoms with van der Waals surface area (Å²) < 4.78 is 0. The second-order valence-electron chi connectivity index (χ2n) is 5.87. The van der Waals surface area contributed by atoms with E-state index in [4.69, 9.17) is 5.73 Å². The molecule has 3 N–H and O–H groups in total. The summed E-state index contributed by atoms with van der Waals surface area (Å²) in [7, 11) is 1.86. The molecule has 20 heavy (non-hydrogen) atoms. The molecular weight excluding hydrogens is 272 g/mol. The van der Waals surface area contributed by atoms with Crippen LogP contribution in [0.1, 0.15) is 49.2 Å². The zero-order valence-electron chi connectivity index (χ0n) is 12.5. The van der Waals surface area contributed by atoms with Crippen LogP contribution in [0.4, 0.5) is 10.9 Å². The summed E-state index contributed by atoms with van der Waals surface area (Å²) >= 11 is 1.34. The Hall–Kier alpha value is -1.30. The monoisotopic (exact) mass is 296 g/mol. The Labute approximate surface area is 124 Å². The molecule has 0 aliphatic heterocycles. The number of nitrogens with one attached hydrogen (secondary N) is 1. The topological polar surface area (TPSA) is 71.2 Å². The fraction of sp³-hybridized carbons (Fsp3) is 0.714. The van der Waals surface area contributed by atoms with Crippen LogP contribution in [0.5, 0.6) is 0 Å². The molecule has 0 bridgehead atoms. The number of hydrogen-bond acceptors (Lipinski definition) is 5. The predicted octanol–water partition coefficient (Wildman–Crippen LogP) is 2.81. The third-order valence-electron chi connectivity index (χ3n) is 3.61. The van der Waals surface area contributed by atoms with Crippen molar-refractivity contribution in [3.05, 3.63) is 4.88 Å². The maximum atomic E-state index is 12.4. The lowest BCUT2D eigenvalue weighted by molar-refractivity contribution is 0.0779. The highest BCUT2D eigenvalue weighted by molar-refractivity contribution is 7.18. The van der Waals surface area contributed by atoms with Gasteiger partial charge in [-0.3, -0.25) is 4.79 Å². The Bertz CT molecular complexity index is 466. The van der Waals surface area contributed by atoms with Gasteiger partial charge >= 0.3 is 0 Å². The first-order valence-corrected chi connectivity index (χ1v) is 8.07. The molecule has 0 spiro atoms. The van der Waals surface area contributed by atoms with Gasteiger partial charge in [-0.15, -0.1) is 0 Å². The van der Waals surface area contributed by atoms with Crippen molar-refractivity contribution in [1.82, 2.24) is 9.88 Å². The molecule has 1 saturated carbocycles. The van der Waals surface area contributed by atoms with E-state index in [1.807, 2.05) is 20.9 Å². The molecule has 5 nitrogen and oxygen atoms in total. The number of thiazole rings is 1. The average molecular weight is 296 g/mol. The predicted molar refractivity (Wildman–Crippen MR) is 84.2 cm³/mol. The Balaban J connectivity index is 2.01. The maximum Gasteiger partial charge on any atom is 0.267 e. The average Bonchev–Trinajstić information content (AvgIpc) is 2.97. The Morgan fingerprint density at radius 2 is 2.15 bits per heavy atom. The SMILES string of the molecule is CC(C)Nc1nc(N)c(C(=O)N(C)CC2CCCC2)s1. The van der Waals surface area contributed by atoms with Crippen LogP contribution in [0, 0.1) is 5.92 Å². The number of hydrogen-bond donors (Lipinski definition) is 2. The van der Waals surface area contributed by atoms with Crippen LogP contribution in [0.2, 0.25) is 0 Å². The van der Waals surface area contributed by atoms with E-state index in [1.165, 1.54) is 37.0 Å². The summed E-state index contributed by atoms with van der Waals surface area (Å²) in [4.78, 5) is 19.0. The standard InChI is InChI=1S/C14H24N4OS/c1-9(2)16-14-17-12(15)11(20-14)13(19)18(3)8-10-6-4-5-7-10/h9-10H,4-8,15H2,1-3H3,(H,16,17). The van der Waals surface area contributed by atoms with Gasteiger partial charge in [-0.2, -0.15) is 0 Å². The number of nitrogens with two attached hydrogens (primary N) is 1. The van der Waals surface area contributed by atoms with Crippen LogP contribution in [0.15, 0.2) is 0 Å². The molecule has 1 aromatic rings. The smallest absolute Gasteiger partial charge is 0.267 e. The second-order valence-corrected chi connectivity index (χ2v) is 6.87. The van der Waals surface area contributed by atoms with E-state index in [0.717, 1.165) is 11.7 Å². The van der Waals surface area contributed by atoms with E-state index in [2.05, 4.69) is 10.3 Å². The number of carbonyl (C=O) groups is 1. The molecule has 1 heterocycles. The summed E-state index contributed by atoms with van der Waals surface area (Å²) in [6.45, 7) is 4.89. The first-order valence-electron chi connectivity index (χ1n) is 7.25. The molecule has 0 saturated heterocycles. The molecule has 0 unspecified atom stereocenters. The van der Waals surface area contributed by atoms with Gasteiger partial charge in [0.15, 0.2) is 5.13 Å². The second kappa shape index (κ2) is 6.43. The van der Waals surface area contributed by atoms with E-state index in [9.17, 15) is 4.79 Å². The highest BCUT2D eigenvalue weighted by Crippen LogP contribution is 2.29. The van der Waals surface area contributed by atoms with Gasteiger partial charge in [0.1, 0.15) is 10.7 Å². The van der Waals surface area contributed by atoms with Crippen molar-refractivity contribution in [2.45, 2.75) is 45.6 Å². The van der Waals surface area contributed by atoms with Crippen LogP contribution in [-0.2, 0) is 0 Å². The van der Waals surface area contributed by atoms with Crippen molar-refractivity contribution in [2.75, 3.05) is 24.6 Å². The molecule has 112 valence electrons. The van der Waals surface area contributed by atoms with Crippen LogP contribution in [-0.4, -0.2) is 35.4 Å². The zero-order valence-corrected chi connectivity index (χ0v) is 13.3. The summed E-state index contributed by atoms with van der Waals surface area (Å²) in [6.07, 6.45) is 5.04. The number of carbonyl (C=O) groups excluding carboxylic acids is 1. The summed E-state index contributed by atoms with van der Waals surface area (Å²) in [5.74, 6) is 0.969. The van der Waals surface area contributed by atoms with E-state index in [0.29, 0.717) is 16.6 Å². The molecule has 0 radical (unpaired) electrons. The Morgan fingerprint density at radius 1 is 1.50 bits per heavy atom.